The van der Waals surface area contributed by atoms with Gasteiger partial charge >= 0.3 is 0 Å². The van der Waals surface area contributed by atoms with Crippen LogP contribution in [0.15, 0.2) is 83.2 Å². The topological polar surface area (TPSA) is 116 Å². The van der Waals surface area contributed by atoms with Gasteiger partial charge in [0, 0.05) is 71.3 Å². The Morgan fingerprint density at radius 1 is 1.09 bits per heavy atom. The second-order valence-corrected chi connectivity index (χ2v) is 12.6. The average Bonchev–Trinajstić information content (AvgIpc) is 3.86. The Bertz CT molecular complexity index is 1900. The van der Waals surface area contributed by atoms with Crippen LogP contribution in [0.2, 0.25) is 0 Å². The van der Waals surface area contributed by atoms with Gasteiger partial charge in [-0.05, 0) is 55.6 Å². The van der Waals surface area contributed by atoms with E-state index in [4.69, 9.17) is 4.99 Å². The maximum absolute atomic E-state index is 15.5. The summed E-state index contributed by atoms with van der Waals surface area (Å²) < 4.78 is 30.8. The first-order valence-electron chi connectivity index (χ1n) is 16.0. The average molecular weight is 637 g/mol. The maximum Gasteiger partial charge on any atom is 0.224 e. The molecule has 1 fully saturated rings. The first kappa shape index (κ1) is 30.8. The molecule has 9 nitrogen and oxygen atoms in total. The zero-order chi connectivity index (χ0) is 32.8. The van der Waals surface area contributed by atoms with Crippen LogP contribution in [0.5, 0.6) is 0 Å². The van der Waals surface area contributed by atoms with Crippen LogP contribution >= 0.6 is 0 Å². The Kier molecular flexibility index (Phi) is 8.11. The van der Waals surface area contributed by atoms with Crippen molar-refractivity contribution < 1.29 is 13.6 Å². The first-order valence-corrected chi connectivity index (χ1v) is 16.0. The highest BCUT2D eigenvalue weighted by Gasteiger charge is 2.43. The number of hydrogen-bond donors (Lipinski definition) is 5. The van der Waals surface area contributed by atoms with E-state index in [1.165, 1.54) is 6.07 Å². The Hall–Kier alpha value is -4.87. The van der Waals surface area contributed by atoms with Crippen molar-refractivity contribution in [2.24, 2.45) is 10.9 Å². The Labute approximate surface area is 273 Å². The van der Waals surface area contributed by atoms with Crippen molar-refractivity contribution in [3.05, 3.63) is 101 Å². The number of carbonyl (C=O) groups is 1. The van der Waals surface area contributed by atoms with Crippen molar-refractivity contribution in [2.45, 2.75) is 32.4 Å². The van der Waals surface area contributed by atoms with Crippen LogP contribution in [0.1, 0.15) is 43.0 Å². The van der Waals surface area contributed by atoms with Gasteiger partial charge in [0.25, 0.3) is 0 Å². The molecule has 3 atom stereocenters. The van der Waals surface area contributed by atoms with Crippen LogP contribution in [0.3, 0.4) is 0 Å². The number of amides is 1. The second kappa shape index (κ2) is 12.4. The molecule has 0 saturated carbocycles. The quantitative estimate of drug-likeness (QED) is 0.189. The standard InChI is InChI=1S/C36H38F2N8O/c1-5-31(47)43-22-11-21(16-39-17-22)24-14-25-30(15-27(24)38)41-18-42-33(25)35-36-34(45-36)32-23(7-6-8-28(32)44-35)20-12-26(37)19(2)29(13-20)40-9-10-46(3)4/h6-8,11-17,19,29,34,40-41,44-45H,5,9-10,18H2,1-4H3,(H,43,47). The number of likely N-dealkylation sites (N-methyl/N-ethyl adjacent to an activating group) is 1. The molecule has 242 valence electrons. The number of halogens is 2. The van der Waals surface area contributed by atoms with Crippen LogP contribution in [0.4, 0.5) is 25.8 Å². The van der Waals surface area contributed by atoms with Crippen molar-refractivity contribution in [3.63, 3.8) is 0 Å². The lowest BCUT2D eigenvalue weighted by Gasteiger charge is -2.28. The van der Waals surface area contributed by atoms with Gasteiger partial charge in [-0.15, -0.1) is 0 Å². The van der Waals surface area contributed by atoms with E-state index in [0.29, 0.717) is 41.3 Å². The number of pyridine rings is 1. The van der Waals surface area contributed by atoms with Gasteiger partial charge in [-0.25, -0.2) is 8.78 Å². The summed E-state index contributed by atoms with van der Waals surface area (Å²) >= 11 is 0. The van der Waals surface area contributed by atoms with Crippen molar-refractivity contribution in [2.75, 3.05) is 49.8 Å². The van der Waals surface area contributed by atoms with Gasteiger partial charge in [-0.1, -0.05) is 32.1 Å². The molecule has 1 saturated heterocycles. The molecule has 3 unspecified atom stereocenters. The number of aliphatic imine (C=N–C) groups is 1. The largest absolute Gasteiger partial charge is 0.372 e. The summed E-state index contributed by atoms with van der Waals surface area (Å²) in [6.07, 6.45) is 7.25. The highest BCUT2D eigenvalue weighted by molar-refractivity contribution is 6.19. The molecule has 4 aliphatic rings. The number of nitrogens with one attached hydrogen (secondary N) is 5. The van der Waals surface area contributed by atoms with Crippen molar-refractivity contribution in [3.8, 4) is 11.1 Å². The molecule has 0 spiro atoms. The van der Waals surface area contributed by atoms with Crippen LogP contribution in [-0.4, -0.2) is 61.4 Å². The molecule has 0 radical (unpaired) electrons. The van der Waals surface area contributed by atoms with E-state index in [2.05, 4.69) is 42.5 Å². The molecule has 7 rings (SSSR count). The predicted octanol–water partition coefficient (Wildman–Crippen LogP) is 5.80. The number of rotatable bonds is 9. The smallest absolute Gasteiger partial charge is 0.224 e. The van der Waals surface area contributed by atoms with E-state index in [9.17, 15) is 4.79 Å². The van der Waals surface area contributed by atoms with Crippen molar-refractivity contribution in [1.82, 2.24) is 20.5 Å². The molecule has 5 N–H and O–H groups in total. The normalized spacial score (nSPS) is 20.8. The van der Waals surface area contributed by atoms with Crippen LogP contribution in [0.25, 0.3) is 16.7 Å². The molecule has 47 heavy (non-hydrogen) atoms. The molecule has 1 aliphatic carbocycles. The lowest BCUT2D eigenvalue weighted by Crippen LogP contribution is -2.39. The molecule has 4 heterocycles. The number of hydrogen-bond acceptors (Lipinski definition) is 8. The summed E-state index contributed by atoms with van der Waals surface area (Å²) in [5.74, 6) is -0.939. The van der Waals surface area contributed by atoms with Gasteiger partial charge < -0.3 is 31.5 Å². The fraction of sp³-hybridized carbons (Fsp3) is 0.306. The van der Waals surface area contributed by atoms with Crippen molar-refractivity contribution in [1.29, 1.82) is 0 Å². The molecule has 0 bridgehead atoms. The van der Waals surface area contributed by atoms with Crippen LogP contribution in [-0.2, 0) is 4.79 Å². The van der Waals surface area contributed by atoms with Crippen molar-refractivity contribution >= 4 is 34.3 Å². The SMILES string of the molecule is CCC(=O)Nc1cncc(-c2cc3c(cc2F)NCN=C3C2=C3NC3c3c(cccc3C3=CC(NCCN(C)C)C(C)C(F)=C3)N2)c1. The summed E-state index contributed by atoms with van der Waals surface area (Å²) in [6, 6.07) is 10.9. The van der Waals surface area contributed by atoms with Gasteiger partial charge in [-0.2, -0.15) is 0 Å². The molecule has 3 aromatic rings. The molecule has 11 heteroatoms. The van der Waals surface area contributed by atoms with E-state index in [0.717, 1.165) is 52.4 Å². The molecule has 1 aromatic heterocycles. The maximum atomic E-state index is 15.5. The lowest BCUT2D eigenvalue weighted by atomic mass is 9.85. The van der Waals surface area contributed by atoms with E-state index >= 15 is 8.78 Å². The third-order valence-electron chi connectivity index (χ3n) is 9.07. The molecule has 2 aromatic carbocycles. The number of carbonyl (C=O) groups excluding carboxylic acids is 1. The van der Waals surface area contributed by atoms with E-state index in [-0.39, 0.29) is 29.7 Å². The number of aromatic nitrogens is 1. The molecular formula is C36H38F2N8O. The monoisotopic (exact) mass is 636 g/mol. The highest BCUT2D eigenvalue weighted by atomic mass is 19.1. The Balaban J connectivity index is 1.20. The molecular weight excluding hydrogens is 598 g/mol. The summed E-state index contributed by atoms with van der Waals surface area (Å²) in [7, 11) is 4.05. The van der Waals surface area contributed by atoms with Gasteiger partial charge in [0.2, 0.25) is 5.91 Å². The number of fused-ring (bicyclic) bond motifs is 4. The number of nitrogens with zero attached hydrogens (tertiary/aromatic N) is 3. The van der Waals surface area contributed by atoms with Crippen LogP contribution in [0, 0.1) is 11.7 Å². The van der Waals surface area contributed by atoms with Gasteiger partial charge in [0.15, 0.2) is 0 Å². The lowest BCUT2D eigenvalue weighted by molar-refractivity contribution is -0.115. The summed E-state index contributed by atoms with van der Waals surface area (Å²) in [5, 5.41) is 16.7. The second-order valence-electron chi connectivity index (χ2n) is 12.6. The minimum absolute atomic E-state index is 0.0571. The van der Waals surface area contributed by atoms with E-state index in [1.54, 1.807) is 37.5 Å². The Morgan fingerprint density at radius 3 is 2.74 bits per heavy atom. The summed E-state index contributed by atoms with van der Waals surface area (Å²) in [5.41, 5.74) is 9.13. The summed E-state index contributed by atoms with van der Waals surface area (Å²) in [4.78, 5) is 23.1. The predicted molar refractivity (Wildman–Crippen MR) is 183 cm³/mol. The van der Waals surface area contributed by atoms with Gasteiger partial charge in [0.1, 0.15) is 18.3 Å². The number of anilines is 3. The van der Waals surface area contributed by atoms with E-state index in [1.807, 2.05) is 39.2 Å². The number of allylic oxidation sites excluding steroid dienone is 3. The van der Waals surface area contributed by atoms with Gasteiger partial charge in [-0.3, -0.25) is 14.8 Å². The van der Waals surface area contributed by atoms with Gasteiger partial charge in [0.05, 0.1) is 35.0 Å². The van der Waals surface area contributed by atoms with Crippen LogP contribution < -0.4 is 26.6 Å². The third kappa shape index (κ3) is 5.92. The number of benzene rings is 2. The minimum Gasteiger partial charge on any atom is -0.372 e. The zero-order valence-electron chi connectivity index (χ0n) is 26.8. The minimum atomic E-state index is -0.408. The fourth-order valence-electron chi connectivity index (χ4n) is 6.41. The summed E-state index contributed by atoms with van der Waals surface area (Å²) in [6.45, 7) is 5.60. The Morgan fingerprint density at radius 2 is 1.94 bits per heavy atom. The zero-order valence-corrected chi connectivity index (χ0v) is 26.8. The molecule has 3 aliphatic heterocycles. The van der Waals surface area contributed by atoms with E-state index < -0.39 is 5.82 Å². The molecule has 1 amide bonds. The highest BCUT2D eigenvalue weighted by Crippen LogP contribution is 2.49. The third-order valence-corrected chi connectivity index (χ3v) is 9.07. The first-order chi connectivity index (χ1) is 22.7. The fourth-order valence-corrected chi connectivity index (χ4v) is 6.41.